The zero-order valence-corrected chi connectivity index (χ0v) is 12.6. The van der Waals surface area contributed by atoms with Crippen molar-refractivity contribution in [2.45, 2.75) is 32.4 Å². The molecular weight excluding hydrogens is 248 g/mol. The number of hydrogen-bond donors (Lipinski definition) is 1. The molecule has 0 saturated carbocycles. The molecule has 0 aliphatic rings. The van der Waals surface area contributed by atoms with Gasteiger partial charge in [0.2, 0.25) is 0 Å². The van der Waals surface area contributed by atoms with E-state index in [0.717, 1.165) is 12.3 Å². The standard InChI is InChI=1S/C17H24N2O/c1-4-5-17(18-2)15-10-11-19(13-15)12-14-6-8-16(20-3)9-7-14/h6-11,13,17-18H,4-5,12H2,1-3H3. The van der Waals surface area contributed by atoms with E-state index >= 15 is 0 Å². The average molecular weight is 272 g/mol. The minimum absolute atomic E-state index is 0.456. The van der Waals surface area contributed by atoms with E-state index in [2.05, 4.69) is 47.4 Å². The van der Waals surface area contributed by atoms with Crippen LogP contribution < -0.4 is 10.1 Å². The van der Waals surface area contributed by atoms with Crippen molar-refractivity contribution in [3.05, 3.63) is 53.9 Å². The Morgan fingerprint density at radius 3 is 2.55 bits per heavy atom. The Balaban J connectivity index is 2.04. The second kappa shape index (κ2) is 7.15. The van der Waals surface area contributed by atoms with E-state index in [1.54, 1.807) is 7.11 Å². The molecule has 1 aromatic heterocycles. The van der Waals surface area contributed by atoms with Crippen molar-refractivity contribution < 1.29 is 4.74 Å². The Kier molecular flexibility index (Phi) is 5.24. The minimum Gasteiger partial charge on any atom is -0.497 e. The van der Waals surface area contributed by atoms with E-state index in [9.17, 15) is 0 Å². The lowest BCUT2D eigenvalue weighted by molar-refractivity contribution is 0.414. The molecule has 1 unspecified atom stereocenters. The largest absolute Gasteiger partial charge is 0.497 e. The van der Waals surface area contributed by atoms with Gasteiger partial charge in [-0.15, -0.1) is 0 Å². The second-order valence-corrected chi connectivity index (χ2v) is 5.10. The summed E-state index contributed by atoms with van der Waals surface area (Å²) in [7, 11) is 3.72. The molecular formula is C17H24N2O. The first-order valence-electron chi connectivity index (χ1n) is 7.22. The number of methoxy groups -OCH3 is 1. The van der Waals surface area contributed by atoms with Crippen LogP contribution in [0.1, 0.15) is 36.9 Å². The first-order chi connectivity index (χ1) is 9.76. The zero-order chi connectivity index (χ0) is 14.4. The maximum Gasteiger partial charge on any atom is 0.118 e. The van der Waals surface area contributed by atoms with Gasteiger partial charge < -0.3 is 14.6 Å². The third-order valence-corrected chi connectivity index (χ3v) is 3.63. The van der Waals surface area contributed by atoms with E-state index in [1.165, 1.54) is 24.0 Å². The number of hydrogen-bond acceptors (Lipinski definition) is 2. The van der Waals surface area contributed by atoms with Crippen LogP contribution >= 0.6 is 0 Å². The molecule has 1 heterocycles. The third kappa shape index (κ3) is 3.64. The molecule has 1 atom stereocenters. The Bertz CT molecular complexity index is 516. The van der Waals surface area contributed by atoms with Gasteiger partial charge in [0.15, 0.2) is 0 Å². The zero-order valence-electron chi connectivity index (χ0n) is 12.6. The first-order valence-corrected chi connectivity index (χ1v) is 7.22. The molecule has 0 spiro atoms. The van der Waals surface area contributed by atoms with Gasteiger partial charge in [0.05, 0.1) is 7.11 Å². The molecule has 1 N–H and O–H groups in total. The summed E-state index contributed by atoms with van der Waals surface area (Å²) in [6.45, 7) is 3.12. The number of rotatable bonds is 7. The summed E-state index contributed by atoms with van der Waals surface area (Å²) >= 11 is 0. The molecule has 2 aromatic rings. The van der Waals surface area contributed by atoms with Gasteiger partial charge in [-0.25, -0.2) is 0 Å². The van der Waals surface area contributed by atoms with Gasteiger partial charge in [0.1, 0.15) is 5.75 Å². The van der Waals surface area contributed by atoms with Crippen molar-refractivity contribution in [1.29, 1.82) is 0 Å². The Labute approximate surface area is 121 Å². The van der Waals surface area contributed by atoms with Crippen molar-refractivity contribution >= 4 is 0 Å². The Morgan fingerprint density at radius 2 is 1.95 bits per heavy atom. The summed E-state index contributed by atoms with van der Waals surface area (Å²) in [4.78, 5) is 0. The molecule has 1 aromatic carbocycles. The van der Waals surface area contributed by atoms with Crippen molar-refractivity contribution in [3.63, 3.8) is 0 Å². The summed E-state index contributed by atoms with van der Waals surface area (Å²) in [6, 6.07) is 10.9. The molecule has 3 heteroatoms. The maximum absolute atomic E-state index is 5.18. The van der Waals surface area contributed by atoms with Crippen LogP contribution in [0.25, 0.3) is 0 Å². The van der Waals surface area contributed by atoms with Crippen molar-refractivity contribution in [2.75, 3.05) is 14.2 Å². The Hall–Kier alpha value is -1.74. The Morgan fingerprint density at radius 1 is 1.20 bits per heavy atom. The van der Waals surface area contributed by atoms with E-state index in [1.807, 2.05) is 19.2 Å². The van der Waals surface area contributed by atoms with Crippen LogP contribution in [-0.4, -0.2) is 18.7 Å². The monoisotopic (exact) mass is 272 g/mol. The number of benzene rings is 1. The highest BCUT2D eigenvalue weighted by molar-refractivity contribution is 5.27. The van der Waals surface area contributed by atoms with Crippen LogP contribution in [0, 0.1) is 0 Å². The molecule has 20 heavy (non-hydrogen) atoms. The molecule has 0 aliphatic carbocycles. The van der Waals surface area contributed by atoms with Crippen molar-refractivity contribution in [2.24, 2.45) is 0 Å². The first kappa shape index (κ1) is 14.7. The summed E-state index contributed by atoms with van der Waals surface area (Å²) in [5.74, 6) is 0.903. The van der Waals surface area contributed by atoms with Gasteiger partial charge in [0, 0.05) is 25.0 Å². The van der Waals surface area contributed by atoms with Crippen LogP contribution in [0.5, 0.6) is 5.75 Å². The number of aromatic nitrogens is 1. The van der Waals surface area contributed by atoms with Gasteiger partial charge in [-0.2, -0.15) is 0 Å². The number of nitrogens with one attached hydrogen (secondary N) is 1. The van der Waals surface area contributed by atoms with E-state index < -0.39 is 0 Å². The fraction of sp³-hybridized carbons (Fsp3) is 0.412. The number of ether oxygens (including phenoxy) is 1. The summed E-state index contributed by atoms with van der Waals surface area (Å²) in [5.41, 5.74) is 2.65. The molecule has 0 bridgehead atoms. The molecule has 0 fully saturated rings. The highest BCUT2D eigenvalue weighted by Gasteiger charge is 2.09. The summed E-state index contributed by atoms with van der Waals surface area (Å²) in [6.07, 6.45) is 6.75. The third-order valence-electron chi connectivity index (χ3n) is 3.63. The van der Waals surface area contributed by atoms with Crippen LogP contribution in [0.2, 0.25) is 0 Å². The molecule has 0 radical (unpaired) electrons. The number of nitrogens with zero attached hydrogens (tertiary/aromatic N) is 1. The summed E-state index contributed by atoms with van der Waals surface area (Å²) < 4.78 is 7.41. The van der Waals surface area contributed by atoms with Gasteiger partial charge in [-0.3, -0.25) is 0 Å². The van der Waals surface area contributed by atoms with Gasteiger partial charge in [0.25, 0.3) is 0 Å². The molecule has 0 aliphatic heterocycles. The van der Waals surface area contributed by atoms with Crippen molar-refractivity contribution in [3.8, 4) is 5.75 Å². The highest BCUT2D eigenvalue weighted by Crippen LogP contribution is 2.19. The molecule has 108 valence electrons. The minimum atomic E-state index is 0.456. The van der Waals surface area contributed by atoms with Crippen LogP contribution in [-0.2, 0) is 6.54 Å². The predicted molar refractivity (Wildman–Crippen MR) is 83.2 cm³/mol. The average Bonchev–Trinajstić information content (AvgIpc) is 2.94. The van der Waals surface area contributed by atoms with E-state index in [-0.39, 0.29) is 0 Å². The SMILES string of the molecule is CCCC(NC)c1ccn(Cc2ccc(OC)cc2)c1. The fourth-order valence-electron chi connectivity index (χ4n) is 2.47. The van der Waals surface area contributed by atoms with Crippen molar-refractivity contribution in [1.82, 2.24) is 9.88 Å². The van der Waals surface area contributed by atoms with E-state index in [4.69, 9.17) is 4.74 Å². The molecule has 3 nitrogen and oxygen atoms in total. The van der Waals surface area contributed by atoms with Crippen LogP contribution in [0.4, 0.5) is 0 Å². The smallest absolute Gasteiger partial charge is 0.118 e. The summed E-state index contributed by atoms with van der Waals surface area (Å²) in [5, 5.41) is 3.38. The fourth-order valence-corrected chi connectivity index (χ4v) is 2.47. The lowest BCUT2D eigenvalue weighted by Crippen LogP contribution is -2.15. The molecule has 0 amide bonds. The molecule has 2 rings (SSSR count). The topological polar surface area (TPSA) is 26.2 Å². The lowest BCUT2D eigenvalue weighted by Gasteiger charge is -2.13. The molecule has 0 saturated heterocycles. The van der Waals surface area contributed by atoms with Crippen LogP contribution in [0.15, 0.2) is 42.7 Å². The lowest BCUT2D eigenvalue weighted by atomic mass is 10.1. The van der Waals surface area contributed by atoms with Gasteiger partial charge >= 0.3 is 0 Å². The quantitative estimate of drug-likeness (QED) is 0.833. The van der Waals surface area contributed by atoms with E-state index in [0.29, 0.717) is 6.04 Å². The normalized spacial score (nSPS) is 12.3. The second-order valence-electron chi connectivity index (χ2n) is 5.10. The van der Waals surface area contributed by atoms with Crippen LogP contribution in [0.3, 0.4) is 0 Å². The van der Waals surface area contributed by atoms with Gasteiger partial charge in [-0.1, -0.05) is 25.5 Å². The van der Waals surface area contributed by atoms with Gasteiger partial charge in [-0.05, 0) is 42.8 Å². The predicted octanol–water partition coefficient (Wildman–Crippen LogP) is 3.61. The maximum atomic E-state index is 5.18. The highest BCUT2D eigenvalue weighted by atomic mass is 16.5.